The standard InChI is InChI=1S/C29H28FN3O3S.CH4/c1-2-11-33(18-34)17-21-5-7-24(32-16-21)28-15-25-29(37-28)27(9-10-31-25)36-26-8-6-20(14-23(26)30)13-22(35)12-19-3-4-19;/h5-10,14-16,18-19H,2-4,11-13,17H2,1H3;1H4. The molecule has 6 nitrogen and oxygen atoms in total. The Hall–Kier alpha value is -3.65. The number of aromatic nitrogens is 2. The van der Waals surface area contributed by atoms with Crippen molar-refractivity contribution in [3.63, 3.8) is 0 Å². The largest absolute Gasteiger partial charge is 0.453 e. The minimum atomic E-state index is -0.497. The van der Waals surface area contributed by atoms with E-state index in [2.05, 4.69) is 9.97 Å². The van der Waals surface area contributed by atoms with Crippen LogP contribution in [-0.2, 0) is 22.6 Å². The third kappa shape index (κ3) is 6.61. The second-order valence-corrected chi connectivity index (χ2v) is 10.5. The van der Waals surface area contributed by atoms with Gasteiger partial charge in [-0.15, -0.1) is 11.3 Å². The molecular formula is C30H32FN3O3S. The van der Waals surface area contributed by atoms with Gasteiger partial charge in [-0.05, 0) is 60.6 Å². The van der Waals surface area contributed by atoms with Crippen LogP contribution in [0, 0.1) is 11.7 Å². The Morgan fingerprint density at radius 3 is 2.63 bits per heavy atom. The summed E-state index contributed by atoms with van der Waals surface area (Å²) in [5.41, 5.74) is 3.15. The summed E-state index contributed by atoms with van der Waals surface area (Å²) in [7, 11) is 0. The number of carbonyl (C=O) groups is 2. The molecule has 38 heavy (non-hydrogen) atoms. The molecule has 1 amide bonds. The van der Waals surface area contributed by atoms with Crippen LogP contribution < -0.4 is 4.74 Å². The average Bonchev–Trinajstić information content (AvgIpc) is 3.59. The number of benzene rings is 1. The lowest BCUT2D eigenvalue weighted by Gasteiger charge is -2.15. The van der Waals surface area contributed by atoms with Crippen molar-refractivity contribution in [3.05, 3.63) is 71.8 Å². The van der Waals surface area contributed by atoms with Crippen LogP contribution in [0.2, 0.25) is 0 Å². The molecule has 0 bridgehead atoms. The van der Waals surface area contributed by atoms with E-state index in [0.717, 1.165) is 52.0 Å². The first-order valence-electron chi connectivity index (χ1n) is 12.5. The zero-order valence-electron chi connectivity index (χ0n) is 20.7. The summed E-state index contributed by atoms with van der Waals surface area (Å²) >= 11 is 1.47. The maximum Gasteiger partial charge on any atom is 0.210 e. The van der Waals surface area contributed by atoms with E-state index in [-0.39, 0.29) is 25.4 Å². The Bertz CT molecular complexity index is 1420. The van der Waals surface area contributed by atoms with Crippen molar-refractivity contribution in [2.75, 3.05) is 6.54 Å². The van der Waals surface area contributed by atoms with Crippen molar-refractivity contribution in [2.24, 2.45) is 5.92 Å². The minimum Gasteiger partial charge on any atom is -0.453 e. The molecule has 4 aromatic rings. The molecule has 1 aliphatic carbocycles. The smallest absolute Gasteiger partial charge is 0.210 e. The first kappa shape index (κ1) is 27.4. The van der Waals surface area contributed by atoms with Gasteiger partial charge in [-0.25, -0.2) is 4.39 Å². The molecule has 1 aromatic carbocycles. The predicted octanol–water partition coefficient (Wildman–Crippen LogP) is 7.21. The molecule has 1 fully saturated rings. The van der Waals surface area contributed by atoms with E-state index in [1.807, 2.05) is 25.1 Å². The topological polar surface area (TPSA) is 72.4 Å². The molecule has 3 aromatic heterocycles. The number of rotatable bonds is 12. The molecule has 198 valence electrons. The van der Waals surface area contributed by atoms with E-state index in [9.17, 15) is 14.0 Å². The SMILES string of the molecule is C.CCCN(C=O)Cc1ccc(-c2cc3nccc(Oc4ccc(CC(=O)CC5CC5)cc4F)c3s2)nc1. The van der Waals surface area contributed by atoms with E-state index in [1.54, 1.807) is 35.5 Å². The van der Waals surface area contributed by atoms with Gasteiger partial charge < -0.3 is 9.64 Å². The Kier molecular flexibility index (Phi) is 8.84. The third-order valence-corrected chi connectivity index (χ3v) is 7.49. The predicted molar refractivity (Wildman–Crippen MR) is 149 cm³/mol. The number of halogens is 1. The zero-order chi connectivity index (χ0) is 25.8. The highest BCUT2D eigenvalue weighted by molar-refractivity contribution is 7.22. The molecule has 8 heteroatoms. The van der Waals surface area contributed by atoms with Crippen molar-refractivity contribution >= 4 is 33.7 Å². The lowest BCUT2D eigenvalue weighted by atomic mass is 10.0. The van der Waals surface area contributed by atoms with Gasteiger partial charge in [0.1, 0.15) is 11.5 Å². The van der Waals surface area contributed by atoms with Crippen molar-refractivity contribution in [3.8, 4) is 22.1 Å². The average molecular weight is 534 g/mol. The van der Waals surface area contributed by atoms with Crippen LogP contribution in [0.1, 0.15) is 51.2 Å². The molecular weight excluding hydrogens is 501 g/mol. The Labute approximate surface area is 226 Å². The maximum atomic E-state index is 14.8. The number of fused-ring (bicyclic) bond motifs is 1. The number of ketones is 1. The van der Waals surface area contributed by atoms with Crippen LogP contribution in [0.3, 0.4) is 0 Å². The number of ether oxygens (including phenoxy) is 1. The summed E-state index contributed by atoms with van der Waals surface area (Å²) in [6.45, 7) is 3.27. The highest BCUT2D eigenvalue weighted by Crippen LogP contribution is 2.39. The second-order valence-electron chi connectivity index (χ2n) is 9.49. The minimum absolute atomic E-state index is 0. The van der Waals surface area contributed by atoms with Gasteiger partial charge >= 0.3 is 0 Å². The molecule has 1 aliphatic rings. The highest BCUT2D eigenvalue weighted by atomic mass is 32.1. The lowest BCUT2D eigenvalue weighted by Crippen LogP contribution is -2.22. The number of hydrogen-bond acceptors (Lipinski definition) is 6. The van der Waals surface area contributed by atoms with Gasteiger partial charge in [0.05, 0.1) is 20.8 Å². The number of thiophene rings is 1. The van der Waals surface area contributed by atoms with Crippen LogP contribution in [0.25, 0.3) is 20.8 Å². The molecule has 0 aliphatic heterocycles. The van der Waals surface area contributed by atoms with Crippen LogP contribution in [-0.4, -0.2) is 33.6 Å². The van der Waals surface area contributed by atoms with Gasteiger partial charge in [-0.1, -0.05) is 26.5 Å². The van der Waals surface area contributed by atoms with Gasteiger partial charge in [0.15, 0.2) is 11.6 Å². The molecule has 0 atom stereocenters. The summed E-state index contributed by atoms with van der Waals surface area (Å²) in [6, 6.07) is 12.3. The summed E-state index contributed by atoms with van der Waals surface area (Å²) in [6.07, 6.45) is 8.26. The van der Waals surface area contributed by atoms with Gasteiger partial charge in [0.2, 0.25) is 6.41 Å². The normalized spacial score (nSPS) is 12.7. The van der Waals surface area contributed by atoms with E-state index in [1.165, 1.54) is 17.4 Å². The van der Waals surface area contributed by atoms with Crippen LogP contribution in [0.4, 0.5) is 4.39 Å². The molecule has 1 saturated carbocycles. The van der Waals surface area contributed by atoms with Gasteiger partial charge in [-0.3, -0.25) is 19.6 Å². The quantitative estimate of drug-likeness (QED) is 0.180. The fourth-order valence-corrected chi connectivity index (χ4v) is 5.32. The number of carbonyl (C=O) groups excluding carboxylic acids is 2. The van der Waals surface area contributed by atoms with E-state index in [4.69, 9.17) is 4.74 Å². The second kappa shape index (κ2) is 12.3. The van der Waals surface area contributed by atoms with Crippen molar-refractivity contribution < 1.29 is 18.7 Å². The molecule has 0 unspecified atom stereocenters. The van der Waals surface area contributed by atoms with E-state index >= 15 is 0 Å². The number of amides is 1. The molecule has 0 N–H and O–H groups in total. The molecule has 0 saturated heterocycles. The van der Waals surface area contributed by atoms with Gasteiger partial charge in [0, 0.05) is 44.4 Å². The fraction of sp³-hybridized carbons (Fsp3) is 0.333. The molecule has 0 spiro atoms. The highest BCUT2D eigenvalue weighted by Gasteiger charge is 2.24. The summed E-state index contributed by atoms with van der Waals surface area (Å²) in [4.78, 5) is 35.0. The first-order chi connectivity index (χ1) is 18.0. The Morgan fingerprint density at radius 1 is 1.13 bits per heavy atom. The van der Waals surface area contributed by atoms with E-state index in [0.29, 0.717) is 36.7 Å². The van der Waals surface area contributed by atoms with Crippen molar-refractivity contribution in [1.82, 2.24) is 14.9 Å². The third-order valence-electron chi connectivity index (χ3n) is 6.33. The number of nitrogens with zero attached hydrogens (tertiary/aromatic N) is 3. The molecule has 0 radical (unpaired) electrons. The maximum absolute atomic E-state index is 14.8. The Balaban J connectivity index is 0.00000336. The lowest BCUT2D eigenvalue weighted by molar-refractivity contribution is -0.119. The van der Waals surface area contributed by atoms with Crippen molar-refractivity contribution in [2.45, 2.75) is 53.0 Å². The summed E-state index contributed by atoms with van der Waals surface area (Å²) < 4.78 is 21.6. The summed E-state index contributed by atoms with van der Waals surface area (Å²) in [5, 5.41) is 0. The fourth-order valence-electron chi connectivity index (χ4n) is 4.28. The van der Waals surface area contributed by atoms with Crippen LogP contribution >= 0.6 is 11.3 Å². The first-order valence-corrected chi connectivity index (χ1v) is 13.3. The van der Waals surface area contributed by atoms with Gasteiger partial charge in [0.25, 0.3) is 0 Å². The van der Waals surface area contributed by atoms with Crippen molar-refractivity contribution in [1.29, 1.82) is 0 Å². The van der Waals surface area contributed by atoms with Crippen LogP contribution in [0.5, 0.6) is 11.5 Å². The number of pyridine rings is 2. The molecule has 3 heterocycles. The zero-order valence-corrected chi connectivity index (χ0v) is 21.5. The number of Topliss-reactive ketones (excluding diaryl/α,β-unsaturated/α-hetero) is 1. The summed E-state index contributed by atoms with van der Waals surface area (Å²) in [5.74, 6) is 0.798. The van der Waals surface area contributed by atoms with E-state index < -0.39 is 5.82 Å². The monoisotopic (exact) mass is 533 g/mol. The molecule has 5 rings (SSSR count). The van der Waals surface area contributed by atoms with Crippen LogP contribution in [0.15, 0.2) is 54.9 Å². The Morgan fingerprint density at radius 2 is 1.95 bits per heavy atom. The number of hydrogen-bond donors (Lipinski definition) is 0. The van der Waals surface area contributed by atoms with Gasteiger partial charge in [-0.2, -0.15) is 0 Å².